The van der Waals surface area contributed by atoms with Gasteiger partial charge in [-0.25, -0.2) is 13.4 Å². The Labute approximate surface area is 222 Å². The van der Waals surface area contributed by atoms with E-state index in [2.05, 4.69) is 0 Å². The Morgan fingerprint density at radius 2 is 1.71 bits per heavy atom. The average molecular weight is 534 g/mol. The summed E-state index contributed by atoms with van der Waals surface area (Å²) in [5, 5.41) is 10.4. The molecule has 0 amide bonds. The Bertz CT molecular complexity index is 1540. The number of aromatic nitrogens is 2. The van der Waals surface area contributed by atoms with Gasteiger partial charge in [-0.1, -0.05) is 30.3 Å². The summed E-state index contributed by atoms with van der Waals surface area (Å²) in [4.78, 5) is 16.7. The molecule has 4 aromatic rings. The highest BCUT2D eigenvalue weighted by atomic mass is 32.2. The second-order valence-corrected chi connectivity index (χ2v) is 11.8. The summed E-state index contributed by atoms with van der Waals surface area (Å²) in [6.45, 7) is 4.43. The lowest BCUT2D eigenvalue weighted by molar-refractivity contribution is -0.137. The van der Waals surface area contributed by atoms with Gasteiger partial charge in [0.1, 0.15) is 17.9 Å². The maximum Gasteiger partial charge on any atom is 0.323 e. The quantitative estimate of drug-likeness (QED) is 0.336. The van der Waals surface area contributed by atoms with Gasteiger partial charge in [0.05, 0.1) is 16.7 Å². The Hall–Kier alpha value is -3.69. The number of rotatable bonds is 8. The van der Waals surface area contributed by atoms with E-state index in [9.17, 15) is 18.3 Å². The molecule has 38 heavy (non-hydrogen) atoms. The van der Waals surface area contributed by atoms with Crippen LogP contribution in [0.25, 0.3) is 22.3 Å². The molecule has 0 aliphatic carbocycles. The summed E-state index contributed by atoms with van der Waals surface area (Å²) >= 11 is 0. The van der Waals surface area contributed by atoms with Crippen molar-refractivity contribution in [1.29, 1.82) is 0 Å². The third-order valence-electron chi connectivity index (χ3n) is 6.86. The zero-order valence-corrected chi connectivity index (χ0v) is 22.3. The molecule has 0 radical (unpaired) electrons. The molecule has 2 aromatic carbocycles. The number of carbonyl (C=O) groups is 1. The fraction of sp³-hybridized carbons (Fsp3) is 0.310. The van der Waals surface area contributed by atoms with E-state index >= 15 is 0 Å². The van der Waals surface area contributed by atoms with E-state index in [1.165, 1.54) is 4.31 Å². The van der Waals surface area contributed by atoms with E-state index in [4.69, 9.17) is 9.72 Å². The van der Waals surface area contributed by atoms with Crippen LogP contribution >= 0.6 is 0 Å². The molecule has 0 bridgehead atoms. The summed E-state index contributed by atoms with van der Waals surface area (Å²) in [6.07, 6.45) is 3.17. The van der Waals surface area contributed by atoms with Crippen LogP contribution in [0, 0.1) is 0 Å². The second kappa shape index (κ2) is 10.6. The van der Waals surface area contributed by atoms with Crippen LogP contribution in [0.1, 0.15) is 38.2 Å². The minimum absolute atomic E-state index is 0.0121. The highest BCUT2D eigenvalue weighted by Gasteiger charge is 2.31. The largest absolute Gasteiger partial charge is 0.491 e. The van der Waals surface area contributed by atoms with Crippen LogP contribution < -0.4 is 4.74 Å². The summed E-state index contributed by atoms with van der Waals surface area (Å²) in [6, 6.07) is 20.3. The normalized spacial score (nSPS) is 15.2. The van der Waals surface area contributed by atoms with E-state index in [-0.39, 0.29) is 23.5 Å². The van der Waals surface area contributed by atoms with Crippen molar-refractivity contribution in [3.63, 3.8) is 0 Å². The molecule has 5 rings (SSSR count). The van der Waals surface area contributed by atoms with Crippen LogP contribution in [-0.2, 0) is 21.4 Å². The molecule has 1 aliphatic heterocycles. The monoisotopic (exact) mass is 533 g/mol. The molecule has 9 heteroatoms. The molecule has 0 atom stereocenters. The average Bonchev–Trinajstić information content (AvgIpc) is 3.26. The van der Waals surface area contributed by atoms with Crippen LogP contribution in [0.3, 0.4) is 0 Å². The number of hydrogen-bond acceptors (Lipinski definition) is 5. The Balaban J connectivity index is 1.37. The SMILES string of the molecule is CC(C)Oc1ccc(S(=O)(=O)N2CCC(c3cn(CC(=O)O)c4nc(-c5ccccc5)ccc34)CC2)cc1. The van der Waals surface area contributed by atoms with Crippen molar-refractivity contribution >= 4 is 27.0 Å². The smallest absolute Gasteiger partial charge is 0.323 e. The summed E-state index contributed by atoms with van der Waals surface area (Å²) in [5.74, 6) is -0.198. The first-order valence-electron chi connectivity index (χ1n) is 12.8. The second-order valence-electron chi connectivity index (χ2n) is 9.86. The lowest BCUT2D eigenvalue weighted by Crippen LogP contribution is -2.37. The zero-order valence-electron chi connectivity index (χ0n) is 21.4. The van der Waals surface area contributed by atoms with Gasteiger partial charge < -0.3 is 14.4 Å². The number of carboxylic acids is 1. The number of nitrogens with zero attached hydrogens (tertiary/aromatic N) is 3. The van der Waals surface area contributed by atoms with Crippen LogP contribution in [-0.4, -0.2) is 52.5 Å². The molecule has 1 saturated heterocycles. The van der Waals surface area contributed by atoms with Crippen LogP contribution in [0.5, 0.6) is 5.75 Å². The Morgan fingerprint density at radius 3 is 2.34 bits per heavy atom. The maximum absolute atomic E-state index is 13.3. The molecule has 8 nitrogen and oxygen atoms in total. The van der Waals surface area contributed by atoms with Crippen molar-refractivity contribution in [3.05, 3.63) is 78.5 Å². The predicted molar refractivity (Wildman–Crippen MR) is 146 cm³/mol. The zero-order chi connectivity index (χ0) is 26.9. The van der Waals surface area contributed by atoms with Gasteiger partial charge in [-0.15, -0.1) is 0 Å². The van der Waals surface area contributed by atoms with Gasteiger partial charge in [-0.2, -0.15) is 4.31 Å². The van der Waals surface area contributed by atoms with Gasteiger partial charge in [-0.3, -0.25) is 4.79 Å². The lowest BCUT2D eigenvalue weighted by Gasteiger charge is -2.31. The molecule has 0 unspecified atom stereocenters. The first-order chi connectivity index (χ1) is 18.2. The molecule has 0 saturated carbocycles. The lowest BCUT2D eigenvalue weighted by atomic mass is 9.90. The number of carboxylic acid groups (broad SMARTS) is 1. The molecular formula is C29H31N3O5S. The number of ether oxygens (including phenoxy) is 1. The topological polar surface area (TPSA) is 102 Å². The van der Waals surface area contributed by atoms with Crippen LogP contribution in [0.4, 0.5) is 0 Å². The molecule has 1 N–H and O–H groups in total. The van der Waals surface area contributed by atoms with E-state index in [0.29, 0.717) is 37.3 Å². The number of benzene rings is 2. The van der Waals surface area contributed by atoms with Gasteiger partial charge in [0.25, 0.3) is 0 Å². The van der Waals surface area contributed by atoms with Gasteiger partial charge in [0, 0.05) is 30.2 Å². The highest BCUT2D eigenvalue weighted by molar-refractivity contribution is 7.89. The van der Waals surface area contributed by atoms with E-state index in [1.54, 1.807) is 28.8 Å². The third kappa shape index (κ3) is 5.30. The molecule has 3 heterocycles. The van der Waals surface area contributed by atoms with Crippen molar-refractivity contribution in [2.45, 2.75) is 50.2 Å². The summed E-state index contributed by atoms with van der Waals surface area (Å²) < 4.78 is 35.4. The standard InChI is InChI=1S/C29H31N3O5S/c1-20(2)37-23-8-10-24(11-9-23)38(35,36)32-16-14-21(15-17-32)26-18-31(19-28(33)34)29-25(26)12-13-27(30-29)22-6-4-3-5-7-22/h3-13,18,20-21H,14-17,19H2,1-2H3,(H,33,34). The first kappa shape index (κ1) is 25.9. The summed E-state index contributed by atoms with van der Waals surface area (Å²) in [7, 11) is -3.62. The number of aliphatic carboxylic acids is 1. The van der Waals surface area contributed by atoms with Crippen molar-refractivity contribution < 1.29 is 23.1 Å². The number of piperidine rings is 1. The fourth-order valence-corrected chi connectivity index (χ4v) is 6.54. The molecule has 1 aliphatic rings. The van der Waals surface area contributed by atoms with Crippen LogP contribution in [0.2, 0.25) is 0 Å². The number of fused-ring (bicyclic) bond motifs is 1. The van der Waals surface area contributed by atoms with E-state index in [1.807, 2.05) is 62.5 Å². The van der Waals surface area contributed by atoms with E-state index in [0.717, 1.165) is 22.2 Å². The Kier molecular flexibility index (Phi) is 7.23. The fourth-order valence-electron chi connectivity index (χ4n) is 5.07. The van der Waals surface area contributed by atoms with Crippen LogP contribution in [0.15, 0.2) is 77.8 Å². The predicted octanol–water partition coefficient (Wildman–Crippen LogP) is 5.14. The summed E-state index contributed by atoms with van der Waals surface area (Å²) in [5.41, 5.74) is 3.38. The van der Waals surface area contributed by atoms with Gasteiger partial charge in [-0.05, 0) is 74.6 Å². The highest BCUT2D eigenvalue weighted by Crippen LogP contribution is 2.36. The minimum atomic E-state index is -3.62. The van der Waals surface area contributed by atoms with Gasteiger partial charge in [0.2, 0.25) is 10.0 Å². The van der Waals surface area contributed by atoms with Gasteiger partial charge in [0.15, 0.2) is 0 Å². The number of pyridine rings is 1. The Morgan fingerprint density at radius 1 is 1.03 bits per heavy atom. The number of hydrogen-bond donors (Lipinski definition) is 1. The molecule has 0 spiro atoms. The third-order valence-corrected chi connectivity index (χ3v) is 8.77. The molecule has 1 fully saturated rings. The first-order valence-corrected chi connectivity index (χ1v) is 14.2. The van der Waals surface area contributed by atoms with Crippen molar-refractivity contribution in [3.8, 4) is 17.0 Å². The number of sulfonamides is 1. The molecular weight excluding hydrogens is 502 g/mol. The van der Waals surface area contributed by atoms with Crippen molar-refractivity contribution in [2.75, 3.05) is 13.1 Å². The maximum atomic E-state index is 13.3. The van der Waals surface area contributed by atoms with E-state index < -0.39 is 16.0 Å². The molecule has 198 valence electrons. The van der Waals surface area contributed by atoms with Crippen molar-refractivity contribution in [2.24, 2.45) is 0 Å². The molecule has 2 aromatic heterocycles. The minimum Gasteiger partial charge on any atom is -0.491 e. The van der Waals surface area contributed by atoms with Crippen molar-refractivity contribution in [1.82, 2.24) is 13.9 Å². The van der Waals surface area contributed by atoms with Gasteiger partial charge >= 0.3 is 5.97 Å².